The molecule has 4 atom stereocenters. The van der Waals surface area contributed by atoms with Gasteiger partial charge in [-0.25, -0.2) is 9.36 Å². The van der Waals surface area contributed by atoms with Crippen molar-refractivity contribution in [2.75, 3.05) is 127 Å². The van der Waals surface area contributed by atoms with E-state index in [-0.39, 0.29) is 30.5 Å². The Labute approximate surface area is 408 Å². The van der Waals surface area contributed by atoms with Gasteiger partial charge in [0.1, 0.15) is 18.7 Å². The van der Waals surface area contributed by atoms with E-state index in [1.165, 1.54) is 0 Å². The first kappa shape index (κ1) is 54.8. The molecule has 3 aromatic rings. The maximum absolute atomic E-state index is 14.2. The van der Waals surface area contributed by atoms with Crippen molar-refractivity contribution in [2.45, 2.75) is 103 Å². The molecule has 0 bridgehead atoms. The number of carbonyl (C=O) groups is 2. The first-order chi connectivity index (χ1) is 33.4. The summed E-state index contributed by atoms with van der Waals surface area (Å²) < 4.78 is 19.9. The predicted molar refractivity (Wildman–Crippen MR) is 264 cm³/mol. The van der Waals surface area contributed by atoms with Gasteiger partial charge in [-0.2, -0.15) is 15.0 Å². The average Bonchev–Trinajstić information content (AvgIpc) is 4.05. The lowest BCUT2D eigenvalue weighted by Gasteiger charge is -2.38. The van der Waals surface area contributed by atoms with E-state index >= 15 is 0 Å². The molecular weight excluding hydrogens is 885 g/mol. The van der Waals surface area contributed by atoms with Crippen molar-refractivity contribution in [3.05, 3.63) is 23.8 Å². The molecule has 5 rings (SSSR count). The number of nitrogens with two attached hydrogens (primary N) is 4. The second-order valence-corrected chi connectivity index (χ2v) is 18.6. The fourth-order valence-corrected chi connectivity index (χ4v) is 8.38. The minimum absolute atomic E-state index is 0.0186. The van der Waals surface area contributed by atoms with E-state index in [0.29, 0.717) is 159 Å². The summed E-state index contributed by atoms with van der Waals surface area (Å²) >= 11 is 0. The monoisotopic (exact) mass is 965 g/mol. The summed E-state index contributed by atoms with van der Waals surface area (Å²) in [7, 11) is 0. The Hall–Kier alpha value is -5.09. The van der Waals surface area contributed by atoms with Crippen LogP contribution < -0.4 is 38.1 Å². The lowest BCUT2D eigenvalue weighted by Crippen LogP contribution is -2.52. The number of hydrogen-bond donors (Lipinski definition) is 5. The van der Waals surface area contributed by atoms with E-state index in [1.807, 2.05) is 22.2 Å². The fourth-order valence-electron chi connectivity index (χ4n) is 8.38. The van der Waals surface area contributed by atoms with Crippen LogP contribution in [-0.2, 0) is 23.8 Å². The summed E-state index contributed by atoms with van der Waals surface area (Å²) in [4.78, 5) is 51.1. The van der Waals surface area contributed by atoms with E-state index in [9.17, 15) is 9.59 Å². The minimum atomic E-state index is -0.523. The van der Waals surface area contributed by atoms with Crippen LogP contribution in [0.4, 0.5) is 17.8 Å². The molecule has 0 aromatic carbocycles. The number of ether oxygens (including phenoxy) is 3. The number of nitrogens with zero attached hydrogens (tertiary/aromatic N) is 13. The topological polar surface area (TPSA) is 291 Å². The third-order valence-electron chi connectivity index (χ3n) is 12.2. The van der Waals surface area contributed by atoms with Crippen molar-refractivity contribution in [3.63, 3.8) is 0 Å². The third-order valence-corrected chi connectivity index (χ3v) is 12.2. The van der Waals surface area contributed by atoms with E-state index in [2.05, 4.69) is 69.4 Å². The first-order valence-corrected chi connectivity index (χ1v) is 24.9. The molecule has 4 unspecified atom stereocenters. The van der Waals surface area contributed by atoms with Gasteiger partial charge in [0.15, 0.2) is 0 Å². The molecule has 2 fully saturated rings. The van der Waals surface area contributed by atoms with Crippen molar-refractivity contribution in [2.24, 2.45) is 34.8 Å². The van der Waals surface area contributed by atoms with Gasteiger partial charge in [0.25, 0.3) is 0 Å². The summed E-state index contributed by atoms with van der Waals surface area (Å²) in [6.45, 7) is 16.2. The number of aromatic nitrogens is 9. The Kier molecular flexibility index (Phi) is 23.2. The molecule has 69 heavy (non-hydrogen) atoms. The number of piperazine rings is 2. The van der Waals surface area contributed by atoms with Crippen molar-refractivity contribution in [1.29, 1.82) is 0 Å². The number of terminal acetylenes is 1. The fraction of sp³-hybridized carbons (Fsp3) is 0.761. The molecule has 0 aliphatic carbocycles. The standard InChI is InChI=1S/C46H80N18O5/c1-6-24-67-26-28-69-29-27-68-25-15-51-44-52-45(61-20-16-59(17-21-61)42(65)40(11-7-9-13-47)63-32-38(55-57-63)36(49)30-34(2)3)54-46(53-44)62-22-18-60(19-23-62)43(66)41(12-8-10-14-48)64-33-39(56-58-64)37(50)31-35(4)5/h1,32-37,40-41H,7-31,47-50H2,2-5H3,(H,51,52,53,54). The normalized spacial score (nSPS) is 16.2. The van der Waals surface area contributed by atoms with Crippen LogP contribution in [0.25, 0.3) is 0 Å². The smallest absolute Gasteiger partial charge is 0.247 e. The molecule has 9 N–H and O–H groups in total. The zero-order valence-corrected chi connectivity index (χ0v) is 41.5. The predicted octanol–water partition coefficient (Wildman–Crippen LogP) is 1.28. The lowest BCUT2D eigenvalue weighted by atomic mass is 10.0. The Morgan fingerprint density at radius 2 is 1.09 bits per heavy atom. The summed E-state index contributed by atoms with van der Waals surface area (Å²) in [5, 5.41) is 20.8. The number of nitrogens with one attached hydrogen (secondary N) is 1. The van der Waals surface area contributed by atoms with Crippen LogP contribution in [0.5, 0.6) is 0 Å². The molecule has 384 valence electrons. The largest absolute Gasteiger partial charge is 0.377 e. The van der Waals surface area contributed by atoms with Crippen LogP contribution in [0.2, 0.25) is 0 Å². The molecule has 0 saturated carbocycles. The van der Waals surface area contributed by atoms with Crippen molar-refractivity contribution in [3.8, 4) is 12.3 Å². The van der Waals surface area contributed by atoms with Crippen molar-refractivity contribution in [1.82, 2.24) is 54.7 Å². The van der Waals surface area contributed by atoms with Gasteiger partial charge in [0.2, 0.25) is 29.7 Å². The van der Waals surface area contributed by atoms with Gasteiger partial charge in [-0.05, 0) is 76.3 Å². The van der Waals surface area contributed by atoms with Gasteiger partial charge in [-0.15, -0.1) is 16.6 Å². The quantitative estimate of drug-likeness (QED) is 0.0448. The Bertz CT molecular complexity index is 1880. The number of anilines is 3. The molecule has 0 spiro atoms. The van der Waals surface area contributed by atoms with E-state index in [4.69, 9.17) is 58.5 Å². The Balaban J connectivity index is 1.26. The number of carbonyl (C=O) groups excluding carboxylic acids is 2. The van der Waals surface area contributed by atoms with Crippen LogP contribution in [0.1, 0.15) is 115 Å². The molecule has 2 aliphatic heterocycles. The molecular formula is C46H80N18O5. The van der Waals surface area contributed by atoms with Gasteiger partial charge in [0.05, 0.1) is 68.9 Å². The molecule has 23 heteroatoms. The molecule has 2 amide bonds. The maximum atomic E-state index is 14.2. The number of amides is 2. The first-order valence-electron chi connectivity index (χ1n) is 24.9. The van der Waals surface area contributed by atoms with Crippen LogP contribution in [0.3, 0.4) is 0 Å². The summed E-state index contributed by atoms with van der Waals surface area (Å²) in [5.74, 6) is 4.57. The van der Waals surface area contributed by atoms with Gasteiger partial charge in [-0.1, -0.05) is 44.0 Å². The second-order valence-electron chi connectivity index (χ2n) is 18.6. The highest BCUT2D eigenvalue weighted by Gasteiger charge is 2.33. The van der Waals surface area contributed by atoms with Crippen LogP contribution in [0, 0.1) is 24.2 Å². The third kappa shape index (κ3) is 17.4. The highest BCUT2D eigenvalue weighted by atomic mass is 16.5. The molecule has 2 aliphatic rings. The van der Waals surface area contributed by atoms with Gasteiger partial charge >= 0.3 is 0 Å². The van der Waals surface area contributed by atoms with Gasteiger partial charge in [-0.3, -0.25) is 9.59 Å². The van der Waals surface area contributed by atoms with Crippen LogP contribution in [-0.4, -0.2) is 178 Å². The van der Waals surface area contributed by atoms with Crippen molar-refractivity contribution >= 4 is 29.7 Å². The minimum Gasteiger partial charge on any atom is -0.377 e. The summed E-state index contributed by atoms with van der Waals surface area (Å²) in [6, 6.07) is -1.57. The number of rotatable bonds is 31. The van der Waals surface area contributed by atoms with E-state index in [1.54, 1.807) is 9.36 Å². The SMILES string of the molecule is C#CCOCCOCCOCCNc1nc(N2CCN(C(=O)C(CCCCN)n3cc(C(N)CC(C)C)nn3)CC2)nc(N2CCN(C(=O)C(CCCCN)n3cc(C(N)CC(C)C)nn3)CC2)n1. The van der Waals surface area contributed by atoms with E-state index < -0.39 is 12.1 Å². The van der Waals surface area contributed by atoms with Crippen LogP contribution in [0.15, 0.2) is 12.4 Å². The highest BCUT2D eigenvalue weighted by molar-refractivity contribution is 5.81. The van der Waals surface area contributed by atoms with E-state index in [0.717, 1.165) is 38.5 Å². The highest BCUT2D eigenvalue weighted by Crippen LogP contribution is 2.26. The summed E-state index contributed by atoms with van der Waals surface area (Å²) in [5.41, 5.74) is 25.9. The molecule has 2 saturated heterocycles. The van der Waals surface area contributed by atoms with Crippen molar-refractivity contribution < 1.29 is 23.8 Å². The number of unbranched alkanes of at least 4 members (excludes halogenated alkanes) is 2. The van der Waals surface area contributed by atoms with Gasteiger partial charge < -0.3 is 62.1 Å². The average molecular weight is 965 g/mol. The zero-order chi connectivity index (χ0) is 49.5. The Morgan fingerprint density at radius 1 is 0.652 bits per heavy atom. The molecule has 23 nitrogen and oxygen atoms in total. The summed E-state index contributed by atoms with van der Waals surface area (Å²) in [6.07, 6.45) is 14.7. The van der Waals surface area contributed by atoms with Gasteiger partial charge in [0, 0.05) is 58.9 Å². The molecule has 5 heterocycles. The lowest BCUT2D eigenvalue weighted by molar-refractivity contribution is -0.136. The zero-order valence-electron chi connectivity index (χ0n) is 41.5. The maximum Gasteiger partial charge on any atom is 0.247 e. The second kappa shape index (κ2) is 29.2. The van der Waals surface area contributed by atoms with Crippen LogP contribution >= 0.6 is 0 Å². The molecule has 3 aromatic heterocycles. The Morgan fingerprint density at radius 3 is 1.51 bits per heavy atom. The molecule has 0 radical (unpaired) electrons. The number of hydrogen-bond acceptors (Lipinski definition) is 19.